The van der Waals surface area contributed by atoms with Crippen molar-refractivity contribution in [2.45, 2.75) is 44.6 Å². The fourth-order valence-electron chi connectivity index (χ4n) is 2.14. The van der Waals surface area contributed by atoms with Crippen LogP contribution >= 0.6 is 0 Å². The van der Waals surface area contributed by atoms with Crippen LogP contribution in [0.25, 0.3) is 0 Å². The molecule has 5 nitrogen and oxygen atoms in total. The van der Waals surface area contributed by atoms with Crippen molar-refractivity contribution in [2.24, 2.45) is 5.92 Å². The van der Waals surface area contributed by atoms with Crippen molar-refractivity contribution in [1.82, 2.24) is 10.6 Å². The van der Waals surface area contributed by atoms with Crippen LogP contribution in [0.5, 0.6) is 0 Å². The van der Waals surface area contributed by atoms with Crippen molar-refractivity contribution in [2.75, 3.05) is 13.2 Å². The summed E-state index contributed by atoms with van der Waals surface area (Å²) in [6, 6.07) is -0.186. The second-order valence-electron chi connectivity index (χ2n) is 4.68. The molecule has 6 heteroatoms. The van der Waals surface area contributed by atoms with E-state index in [0.29, 0.717) is 45.1 Å². The van der Waals surface area contributed by atoms with Crippen molar-refractivity contribution in [1.29, 1.82) is 0 Å². The average molecular weight is 260 g/mol. The summed E-state index contributed by atoms with van der Waals surface area (Å²) in [4.78, 5) is 22.2. The minimum absolute atomic E-state index is 0.0572. The quantitative estimate of drug-likeness (QED) is 0.636. The number of halogens is 1. The third-order valence-electron chi connectivity index (χ3n) is 3.26. The zero-order chi connectivity index (χ0) is 13.4. The molecule has 2 amide bonds. The van der Waals surface area contributed by atoms with Gasteiger partial charge in [0.25, 0.3) is 0 Å². The molecule has 0 aromatic carbocycles. The lowest BCUT2D eigenvalue weighted by Crippen LogP contribution is -2.44. The first-order valence-corrected chi connectivity index (χ1v) is 6.46. The molecule has 1 fully saturated rings. The van der Waals surface area contributed by atoms with Crippen molar-refractivity contribution >= 4 is 12.0 Å². The predicted molar refractivity (Wildman–Crippen MR) is 65.1 cm³/mol. The lowest BCUT2D eigenvalue weighted by molar-refractivity contribution is -0.142. The van der Waals surface area contributed by atoms with Crippen molar-refractivity contribution in [3.63, 3.8) is 0 Å². The smallest absolute Gasteiger partial charge is 0.315 e. The molecule has 0 heterocycles. The molecule has 0 aromatic rings. The number of carboxylic acids is 1. The van der Waals surface area contributed by atoms with E-state index in [1.165, 1.54) is 0 Å². The second kappa shape index (κ2) is 7.89. The molecule has 1 rings (SSSR count). The predicted octanol–water partition coefficient (Wildman–Crippen LogP) is 1.68. The van der Waals surface area contributed by atoms with Gasteiger partial charge in [-0.15, -0.1) is 0 Å². The fraction of sp³-hybridized carbons (Fsp3) is 0.833. The van der Waals surface area contributed by atoms with Gasteiger partial charge in [0.15, 0.2) is 0 Å². The van der Waals surface area contributed by atoms with Crippen molar-refractivity contribution < 1.29 is 19.1 Å². The zero-order valence-corrected chi connectivity index (χ0v) is 10.5. The summed E-state index contributed by atoms with van der Waals surface area (Å²) in [5.74, 6) is -1.01. The average Bonchev–Trinajstić information content (AvgIpc) is 2.35. The summed E-state index contributed by atoms with van der Waals surface area (Å²) in [6.07, 6.45) is 3.73. The van der Waals surface area contributed by atoms with E-state index in [0.717, 1.165) is 0 Å². The Kier molecular flexibility index (Phi) is 6.46. The van der Waals surface area contributed by atoms with Gasteiger partial charge in [0.05, 0.1) is 12.6 Å². The molecule has 0 spiro atoms. The number of aliphatic carboxylic acids is 1. The molecule has 0 radical (unpaired) electrons. The maximum Gasteiger partial charge on any atom is 0.315 e. The fourth-order valence-corrected chi connectivity index (χ4v) is 2.14. The number of amides is 2. The molecule has 0 bridgehead atoms. The number of unbranched alkanes of at least 4 members (excludes halogenated alkanes) is 1. The maximum atomic E-state index is 11.8. The van der Waals surface area contributed by atoms with Gasteiger partial charge in [-0.2, -0.15) is 0 Å². The molecule has 0 atom stereocenters. The molecule has 0 aliphatic heterocycles. The van der Waals surface area contributed by atoms with Crippen LogP contribution in [0.3, 0.4) is 0 Å². The number of urea groups is 1. The lowest BCUT2D eigenvalue weighted by Gasteiger charge is -2.26. The van der Waals surface area contributed by atoms with Gasteiger partial charge in [-0.1, -0.05) is 0 Å². The summed E-state index contributed by atoms with van der Waals surface area (Å²) < 4.78 is 11.8. The monoisotopic (exact) mass is 260 g/mol. The molecular formula is C12H21FN2O3. The van der Waals surface area contributed by atoms with E-state index in [4.69, 9.17) is 5.11 Å². The molecule has 1 aliphatic rings. The summed E-state index contributed by atoms with van der Waals surface area (Å²) in [5, 5.41) is 14.3. The topological polar surface area (TPSA) is 78.4 Å². The number of carboxylic acid groups (broad SMARTS) is 1. The first-order valence-electron chi connectivity index (χ1n) is 6.46. The molecule has 1 saturated carbocycles. The van der Waals surface area contributed by atoms with Crippen LogP contribution in [0, 0.1) is 5.92 Å². The van der Waals surface area contributed by atoms with E-state index in [1.54, 1.807) is 0 Å². The summed E-state index contributed by atoms with van der Waals surface area (Å²) in [6.45, 7) is 0.114. The number of rotatable bonds is 6. The highest BCUT2D eigenvalue weighted by molar-refractivity contribution is 5.74. The van der Waals surface area contributed by atoms with Crippen LogP contribution in [0.4, 0.5) is 9.18 Å². The van der Waals surface area contributed by atoms with E-state index in [1.807, 2.05) is 0 Å². The number of hydrogen-bond donors (Lipinski definition) is 3. The SMILES string of the molecule is O=C(NCCCCF)NC1CCC(C(=O)O)CC1. The van der Waals surface area contributed by atoms with E-state index in [-0.39, 0.29) is 24.7 Å². The number of alkyl halides is 1. The van der Waals surface area contributed by atoms with Gasteiger partial charge in [0, 0.05) is 12.6 Å². The Bertz CT molecular complexity index is 278. The highest BCUT2D eigenvalue weighted by Gasteiger charge is 2.26. The molecule has 0 saturated heterocycles. The highest BCUT2D eigenvalue weighted by Crippen LogP contribution is 2.24. The lowest BCUT2D eigenvalue weighted by atomic mass is 9.86. The van der Waals surface area contributed by atoms with Crippen LogP contribution in [0.2, 0.25) is 0 Å². The van der Waals surface area contributed by atoms with Crippen LogP contribution in [-0.2, 0) is 4.79 Å². The number of carbonyl (C=O) groups is 2. The largest absolute Gasteiger partial charge is 0.481 e. The Morgan fingerprint density at radius 2 is 1.83 bits per heavy atom. The van der Waals surface area contributed by atoms with Gasteiger partial charge < -0.3 is 15.7 Å². The molecule has 0 unspecified atom stereocenters. The first kappa shape index (κ1) is 14.7. The molecule has 18 heavy (non-hydrogen) atoms. The third kappa shape index (κ3) is 5.33. The molecule has 3 N–H and O–H groups in total. The van der Waals surface area contributed by atoms with Gasteiger partial charge in [-0.05, 0) is 38.5 Å². The molecule has 1 aliphatic carbocycles. The van der Waals surface area contributed by atoms with Gasteiger partial charge in [0.1, 0.15) is 0 Å². The maximum absolute atomic E-state index is 11.8. The number of carbonyl (C=O) groups excluding carboxylic acids is 1. The van der Waals surface area contributed by atoms with Gasteiger partial charge in [-0.25, -0.2) is 4.79 Å². The first-order chi connectivity index (χ1) is 8.63. The molecular weight excluding hydrogens is 239 g/mol. The van der Waals surface area contributed by atoms with Crippen LogP contribution in [-0.4, -0.2) is 36.4 Å². The van der Waals surface area contributed by atoms with Gasteiger partial charge in [-0.3, -0.25) is 9.18 Å². The second-order valence-corrected chi connectivity index (χ2v) is 4.68. The Balaban J connectivity index is 2.12. The summed E-state index contributed by atoms with van der Waals surface area (Å²) in [5.41, 5.74) is 0. The zero-order valence-electron chi connectivity index (χ0n) is 10.5. The van der Waals surface area contributed by atoms with Crippen LogP contribution in [0.1, 0.15) is 38.5 Å². The van der Waals surface area contributed by atoms with E-state index in [2.05, 4.69) is 10.6 Å². The Labute approximate surface area is 106 Å². The van der Waals surface area contributed by atoms with Gasteiger partial charge in [0.2, 0.25) is 0 Å². The Morgan fingerprint density at radius 3 is 2.39 bits per heavy atom. The van der Waals surface area contributed by atoms with Crippen molar-refractivity contribution in [3.8, 4) is 0 Å². The van der Waals surface area contributed by atoms with Crippen LogP contribution < -0.4 is 10.6 Å². The Hall–Kier alpha value is -1.33. The van der Waals surface area contributed by atoms with Gasteiger partial charge >= 0.3 is 12.0 Å². The van der Waals surface area contributed by atoms with E-state index < -0.39 is 5.97 Å². The summed E-state index contributed by atoms with van der Waals surface area (Å²) >= 11 is 0. The molecule has 104 valence electrons. The standard InChI is InChI=1S/C12H21FN2O3/c13-7-1-2-8-14-12(18)15-10-5-3-9(4-6-10)11(16)17/h9-10H,1-8H2,(H,16,17)(H2,14,15,18). The summed E-state index contributed by atoms with van der Waals surface area (Å²) in [7, 11) is 0. The van der Waals surface area contributed by atoms with E-state index in [9.17, 15) is 14.0 Å². The van der Waals surface area contributed by atoms with Crippen molar-refractivity contribution in [3.05, 3.63) is 0 Å². The number of nitrogens with one attached hydrogen (secondary N) is 2. The molecule has 0 aromatic heterocycles. The van der Waals surface area contributed by atoms with Crippen LogP contribution in [0.15, 0.2) is 0 Å². The number of hydrogen-bond acceptors (Lipinski definition) is 2. The van der Waals surface area contributed by atoms with E-state index >= 15 is 0 Å². The minimum Gasteiger partial charge on any atom is -0.481 e. The Morgan fingerprint density at radius 1 is 1.17 bits per heavy atom. The normalized spacial score (nSPS) is 23.4. The minimum atomic E-state index is -0.746. The highest BCUT2D eigenvalue weighted by atomic mass is 19.1. The third-order valence-corrected chi connectivity index (χ3v) is 3.26.